The van der Waals surface area contributed by atoms with Crippen molar-refractivity contribution in [3.63, 3.8) is 0 Å². The number of hydrogen-bond acceptors (Lipinski definition) is 4. The van der Waals surface area contributed by atoms with Crippen LogP contribution in [-0.4, -0.2) is 67.5 Å². The summed E-state index contributed by atoms with van der Waals surface area (Å²) in [6, 6.07) is 8.25. The fourth-order valence-corrected chi connectivity index (χ4v) is 3.19. The molecule has 1 aliphatic rings. The molecule has 140 valence electrons. The highest BCUT2D eigenvalue weighted by Gasteiger charge is 2.20. The zero-order valence-electron chi connectivity index (χ0n) is 15.9. The number of nitrogens with zero attached hydrogens (tertiary/aromatic N) is 5. The lowest BCUT2D eigenvalue weighted by Crippen LogP contribution is -2.52. The quantitative estimate of drug-likeness (QED) is 0.651. The minimum Gasteiger partial charge on any atom is -0.497 e. The highest BCUT2D eigenvalue weighted by Crippen LogP contribution is 2.22. The molecule has 0 aliphatic carbocycles. The highest BCUT2D eigenvalue weighted by molar-refractivity contribution is 5.80. The van der Waals surface area contributed by atoms with Gasteiger partial charge in [-0.05, 0) is 24.6 Å². The van der Waals surface area contributed by atoms with E-state index in [1.165, 1.54) is 11.3 Å². The molecule has 1 N–H and O–H groups in total. The van der Waals surface area contributed by atoms with Gasteiger partial charge >= 0.3 is 0 Å². The minimum absolute atomic E-state index is 0.809. The predicted octanol–water partition coefficient (Wildman–Crippen LogP) is 1.60. The van der Waals surface area contributed by atoms with Crippen LogP contribution in [0.15, 0.2) is 41.7 Å². The summed E-state index contributed by atoms with van der Waals surface area (Å²) in [5.41, 5.74) is 2.39. The minimum atomic E-state index is 0.809. The molecule has 7 nitrogen and oxygen atoms in total. The first-order valence-corrected chi connectivity index (χ1v) is 9.03. The van der Waals surface area contributed by atoms with E-state index in [0.29, 0.717) is 0 Å². The largest absolute Gasteiger partial charge is 0.497 e. The highest BCUT2D eigenvalue weighted by atomic mass is 16.5. The van der Waals surface area contributed by atoms with Gasteiger partial charge in [0.25, 0.3) is 0 Å². The van der Waals surface area contributed by atoms with E-state index in [-0.39, 0.29) is 0 Å². The van der Waals surface area contributed by atoms with Crippen molar-refractivity contribution in [1.82, 2.24) is 20.0 Å². The molecule has 2 heterocycles. The lowest BCUT2D eigenvalue weighted by atomic mass is 10.2. The topological polar surface area (TPSA) is 57.9 Å². The van der Waals surface area contributed by atoms with Gasteiger partial charge in [0.15, 0.2) is 5.96 Å². The zero-order chi connectivity index (χ0) is 18.4. The third-order valence-corrected chi connectivity index (χ3v) is 4.60. The Labute approximate surface area is 155 Å². The van der Waals surface area contributed by atoms with Crippen molar-refractivity contribution in [3.05, 3.63) is 42.2 Å². The van der Waals surface area contributed by atoms with E-state index in [1.807, 2.05) is 30.1 Å². The van der Waals surface area contributed by atoms with Crippen molar-refractivity contribution < 1.29 is 4.74 Å². The van der Waals surface area contributed by atoms with E-state index in [1.54, 1.807) is 7.11 Å². The Morgan fingerprint density at radius 2 is 2.08 bits per heavy atom. The SMILES string of the molecule is CN=C(NCCn1cc(C)cn1)N1CCN(c2cccc(OC)c2)CC1. The zero-order valence-corrected chi connectivity index (χ0v) is 15.9. The van der Waals surface area contributed by atoms with Gasteiger partial charge in [0.1, 0.15) is 5.75 Å². The first-order valence-electron chi connectivity index (χ1n) is 9.03. The summed E-state index contributed by atoms with van der Waals surface area (Å²) >= 11 is 0. The number of nitrogens with one attached hydrogen (secondary N) is 1. The molecule has 0 bridgehead atoms. The molecule has 2 aromatic rings. The third-order valence-electron chi connectivity index (χ3n) is 4.60. The van der Waals surface area contributed by atoms with E-state index in [0.717, 1.165) is 51.0 Å². The Morgan fingerprint density at radius 3 is 2.73 bits per heavy atom. The van der Waals surface area contributed by atoms with Crippen molar-refractivity contribution in [3.8, 4) is 5.75 Å². The molecule has 1 saturated heterocycles. The van der Waals surface area contributed by atoms with Gasteiger partial charge in [-0.25, -0.2) is 0 Å². The molecule has 1 aliphatic heterocycles. The van der Waals surface area contributed by atoms with Crippen LogP contribution in [0.4, 0.5) is 5.69 Å². The number of aromatic nitrogens is 2. The lowest BCUT2D eigenvalue weighted by molar-refractivity contribution is 0.370. The predicted molar refractivity (Wildman–Crippen MR) is 105 cm³/mol. The molecule has 1 aromatic heterocycles. The average Bonchev–Trinajstić information content (AvgIpc) is 3.10. The van der Waals surface area contributed by atoms with E-state index >= 15 is 0 Å². The molecular formula is C19H28N6O. The van der Waals surface area contributed by atoms with Gasteiger partial charge in [0.05, 0.1) is 19.9 Å². The Kier molecular flexibility index (Phi) is 5.99. The molecule has 0 radical (unpaired) electrons. The van der Waals surface area contributed by atoms with Gasteiger partial charge in [-0.1, -0.05) is 6.07 Å². The monoisotopic (exact) mass is 356 g/mol. The second-order valence-corrected chi connectivity index (χ2v) is 6.43. The van der Waals surface area contributed by atoms with Crippen LogP contribution in [0, 0.1) is 6.92 Å². The smallest absolute Gasteiger partial charge is 0.193 e. The summed E-state index contributed by atoms with van der Waals surface area (Å²) in [7, 11) is 3.55. The summed E-state index contributed by atoms with van der Waals surface area (Å²) in [5, 5.41) is 7.76. The second-order valence-electron chi connectivity index (χ2n) is 6.43. The number of guanidine groups is 1. The van der Waals surface area contributed by atoms with Gasteiger partial charge in [0, 0.05) is 57.7 Å². The lowest BCUT2D eigenvalue weighted by Gasteiger charge is -2.37. The molecule has 1 aromatic carbocycles. The van der Waals surface area contributed by atoms with Gasteiger partial charge in [0.2, 0.25) is 0 Å². The normalized spacial score (nSPS) is 15.3. The van der Waals surface area contributed by atoms with Gasteiger partial charge < -0.3 is 19.9 Å². The number of piperazine rings is 1. The number of hydrogen-bond donors (Lipinski definition) is 1. The summed E-state index contributed by atoms with van der Waals surface area (Å²) in [4.78, 5) is 9.13. The van der Waals surface area contributed by atoms with Crippen molar-refractivity contribution in [2.24, 2.45) is 4.99 Å². The van der Waals surface area contributed by atoms with E-state index in [2.05, 4.69) is 50.5 Å². The van der Waals surface area contributed by atoms with Gasteiger partial charge in [-0.15, -0.1) is 0 Å². The van der Waals surface area contributed by atoms with Crippen LogP contribution in [0.5, 0.6) is 5.75 Å². The van der Waals surface area contributed by atoms with Crippen molar-refractivity contribution in [1.29, 1.82) is 0 Å². The molecule has 3 rings (SSSR count). The molecular weight excluding hydrogens is 328 g/mol. The Bertz CT molecular complexity index is 733. The first kappa shape index (κ1) is 18.1. The molecule has 7 heteroatoms. The molecule has 0 saturated carbocycles. The summed E-state index contributed by atoms with van der Waals surface area (Å²) < 4.78 is 7.29. The van der Waals surface area contributed by atoms with Crippen LogP contribution in [0.25, 0.3) is 0 Å². The fraction of sp³-hybridized carbons (Fsp3) is 0.474. The standard InChI is InChI=1S/C19H28N6O/c1-16-14-22-25(15-16)8-7-21-19(20-2)24-11-9-23(10-12-24)17-5-4-6-18(13-17)26-3/h4-6,13-15H,7-12H2,1-3H3,(H,20,21). The number of benzene rings is 1. The van der Waals surface area contributed by atoms with Crippen molar-refractivity contribution in [2.45, 2.75) is 13.5 Å². The van der Waals surface area contributed by atoms with E-state index in [4.69, 9.17) is 4.74 Å². The summed E-state index contributed by atoms with van der Waals surface area (Å²) in [6.07, 6.45) is 3.93. The summed E-state index contributed by atoms with van der Waals surface area (Å²) in [5.74, 6) is 1.86. The van der Waals surface area contributed by atoms with Crippen molar-refractivity contribution >= 4 is 11.6 Å². The van der Waals surface area contributed by atoms with Crippen LogP contribution in [0.2, 0.25) is 0 Å². The molecule has 26 heavy (non-hydrogen) atoms. The van der Waals surface area contributed by atoms with Crippen LogP contribution >= 0.6 is 0 Å². The maximum absolute atomic E-state index is 5.33. The van der Waals surface area contributed by atoms with E-state index in [9.17, 15) is 0 Å². The van der Waals surface area contributed by atoms with Crippen LogP contribution in [0.1, 0.15) is 5.56 Å². The average molecular weight is 356 g/mol. The third kappa shape index (κ3) is 4.47. The molecule has 0 atom stereocenters. The number of methoxy groups -OCH3 is 1. The number of aliphatic imine (C=N–C) groups is 1. The molecule has 0 amide bonds. The van der Waals surface area contributed by atoms with Gasteiger partial charge in [-0.2, -0.15) is 5.10 Å². The van der Waals surface area contributed by atoms with Crippen molar-refractivity contribution in [2.75, 3.05) is 51.8 Å². The number of ether oxygens (including phenoxy) is 1. The molecule has 0 unspecified atom stereocenters. The Balaban J connectivity index is 1.49. The number of anilines is 1. The molecule has 1 fully saturated rings. The Morgan fingerprint density at radius 1 is 1.27 bits per heavy atom. The first-order chi connectivity index (χ1) is 12.7. The maximum atomic E-state index is 5.33. The Hall–Kier alpha value is -2.70. The molecule has 0 spiro atoms. The number of rotatable bonds is 5. The van der Waals surface area contributed by atoms with Crippen LogP contribution in [0.3, 0.4) is 0 Å². The number of aryl methyl sites for hydroxylation is 1. The van der Waals surface area contributed by atoms with Crippen LogP contribution in [-0.2, 0) is 6.54 Å². The summed E-state index contributed by atoms with van der Waals surface area (Å²) in [6.45, 7) is 7.51. The second kappa shape index (κ2) is 8.60. The van der Waals surface area contributed by atoms with Gasteiger partial charge in [-0.3, -0.25) is 9.67 Å². The van der Waals surface area contributed by atoms with E-state index < -0.39 is 0 Å². The van der Waals surface area contributed by atoms with Crippen LogP contribution < -0.4 is 15.0 Å². The maximum Gasteiger partial charge on any atom is 0.193 e. The fourth-order valence-electron chi connectivity index (χ4n) is 3.19.